The summed E-state index contributed by atoms with van der Waals surface area (Å²) >= 11 is 0. The Morgan fingerprint density at radius 3 is 2.68 bits per heavy atom. The summed E-state index contributed by atoms with van der Waals surface area (Å²) in [5.74, 6) is 1.82. The van der Waals surface area contributed by atoms with E-state index in [4.69, 9.17) is 9.26 Å². The molecule has 0 saturated heterocycles. The van der Waals surface area contributed by atoms with Crippen molar-refractivity contribution in [2.45, 2.75) is 53.1 Å². The van der Waals surface area contributed by atoms with Gasteiger partial charge in [0.15, 0.2) is 0 Å². The average molecular weight is 337 g/mol. The first-order chi connectivity index (χ1) is 12.1. The Hall–Kier alpha value is -2.43. The smallest absolute Gasteiger partial charge is 0.265 e. The van der Waals surface area contributed by atoms with Gasteiger partial charge in [-0.2, -0.15) is 4.98 Å². The molecule has 0 amide bonds. The van der Waals surface area contributed by atoms with E-state index in [9.17, 15) is 0 Å². The molecule has 1 fully saturated rings. The lowest BCUT2D eigenvalue weighted by Gasteiger charge is -2.15. The van der Waals surface area contributed by atoms with E-state index >= 15 is 0 Å². The summed E-state index contributed by atoms with van der Waals surface area (Å²) in [4.78, 5) is 9.06. The van der Waals surface area contributed by atoms with Gasteiger partial charge in [-0.05, 0) is 51.5 Å². The first-order valence-corrected chi connectivity index (χ1v) is 8.95. The quantitative estimate of drug-likeness (QED) is 0.670. The normalized spacial score (nSPS) is 15.5. The van der Waals surface area contributed by atoms with Gasteiger partial charge in [-0.25, -0.2) is 4.98 Å². The Morgan fingerprint density at radius 2 is 2.00 bits per heavy atom. The highest BCUT2D eigenvalue weighted by atomic mass is 16.5. The van der Waals surface area contributed by atoms with Gasteiger partial charge < -0.3 is 9.26 Å². The zero-order valence-electron chi connectivity index (χ0n) is 15.2. The molecule has 2 heterocycles. The molecule has 4 rings (SSSR count). The predicted molar refractivity (Wildman–Crippen MR) is 96.7 cm³/mol. The van der Waals surface area contributed by atoms with E-state index in [1.54, 1.807) is 0 Å². The van der Waals surface area contributed by atoms with E-state index < -0.39 is 0 Å². The molecule has 0 bridgehead atoms. The van der Waals surface area contributed by atoms with E-state index in [2.05, 4.69) is 54.1 Å². The van der Waals surface area contributed by atoms with E-state index in [0.717, 1.165) is 28.8 Å². The van der Waals surface area contributed by atoms with E-state index in [1.807, 2.05) is 6.92 Å². The van der Waals surface area contributed by atoms with Crippen molar-refractivity contribution in [3.8, 4) is 17.1 Å². The fraction of sp³-hybridized carbons (Fsp3) is 0.450. The molecule has 1 aliphatic carbocycles. The molecule has 5 nitrogen and oxygen atoms in total. The van der Waals surface area contributed by atoms with Crippen LogP contribution in [-0.4, -0.2) is 21.2 Å². The van der Waals surface area contributed by atoms with Crippen LogP contribution in [0.4, 0.5) is 0 Å². The minimum absolute atomic E-state index is 0.187. The van der Waals surface area contributed by atoms with Gasteiger partial charge in [-0.15, -0.1) is 0 Å². The van der Waals surface area contributed by atoms with Crippen LogP contribution in [-0.2, 0) is 0 Å². The van der Waals surface area contributed by atoms with E-state index in [-0.39, 0.29) is 6.10 Å². The Morgan fingerprint density at radius 1 is 1.20 bits per heavy atom. The van der Waals surface area contributed by atoms with E-state index in [1.165, 1.54) is 18.4 Å². The summed E-state index contributed by atoms with van der Waals surface area (Å²) < 4.78 is 11.8. The van der Waals surface area contributed by atoms with Gasteiger partial charge in [0.25, 0.3) is 5.88 Å². The minimum Gasteiger partial charge on any atom is -0.471 e. The molecule has 5 heteroatoms. The van der Waals surface area contributed by atoms with E-state index in [0.29, 0.717) is 23.2 Å². The van der Waals surface area contributed by atoms with Crippen LogP contribution in [0, 0.1) is 26.7 Å². The van der Waals surface area contributed by atoms with Gasteiger partial charge in [0.05, 0.1) is 0 Å². The van der Waals surface area contributed by atoms with Crippen molar-refractivity contribution in [3.63, 3.8) is 0 Å². The molecule has 3 aromatic rings. The summed E-state index contributed by atoms with van der Waals surface area (Å²) in [6.07, 6.45) is 3.62. The van der Waals surface area contributed by atoms with Crippen LogP contribution in [0.25, 0.3) is 22.4 Å². The molecule has 1 saturated carbocycles. The number of rotatable bonds is 5. The SMILES string of the molecule is CCC(Oc1nc(C)nc2c(-c3ccc(C)cc3C)noc12)C1CC1. The summed E-state index contributed by atoms with van der Waals surface area (Å²) in [5, 5.41) is 4.29. The van der Waals surface area contributed by atoms with Crippen LogP contribution in [0.1, 0.15) is 43.1 Å². The van der Waals surface area contributed by atoms with Crippen LogP contribution in [0.15, 0.2) is 22.7 Å². The Kier molecular flexibility index (Phi) is 3.94. The van der Waals surface area contributed by atoms with Crippen LogP contribution in [0.2, 0.25) is 0 Å². The van der Waals surface area contributed by atoms with Gasteiger partial charge in [0.1, 0.15) is 23.1 Å². The number of benzene rings is 1. The van der Waals surface area contributed by atoms with Gasteiger partial charge >= 0.3 is 0 Å². The molecule has 2 aromatic heterocycles. The molecular formula is C20H23N3O2. The molecule has 1 aliphatic rings. The van der Waals surface area contributed by atoms with Crippen LogP contribution < -0.4 is 4.74 Å². The third-order valence-electron chi connectivity index (χ3n) is 4.85. The molecular weight excluding hydrogens is 314 g/mol. The largest absolute Gasteiger partial charge is 0.471 e. The zero-order chi connectivity index (χ0) is 17.6. The summed E-state index contributed by atoms with van der Waals surface area (Å²) in [7, 11) is 0. The molecule has 1 atom stereocenters. The summed E-state index contributed by atoms with van der Waals surface area (Å²) in [6.45, 7) is 8.19. The second kappa shape index (κ2) is 6.14. The second-order valence-corrected chi connectivity index (χ2v) is 7.01. The van der Waals surface area contributed by atoms with Crippen LogP contribution in [0.5, 0.6) is 5.88 Å². The van der Waals surface area contributed by atoms with Crippen molar-refractivity contribution in [1.29, 1.82) is 0 Å². The highest BCUT2D eigenvalue weighted by Crippen LogP contribution is 2.38. The molecule has 0 aliphatic heterocycles. The van der Waals surface area contributed by atoms with Gasteiger partial charge in [-0.3, -0.25) is 0 Å². The topological polar surface area (TPSA) is 61.0 Å². The fourth-order valence-corrected chi connectivity index (χ4v) is 3.37. The second-order valence-electron chi connectivity index (χ2n) is 7.01. The Labute approximate surface area is 147 Å². The number of hydrogen-bond donors (Lipinski definition) is 0. The molecule has 130 valence electrons. The monoisotopic (exact) mass is 337 g/mol. The maximum absolute atomic E-state index is 6.20. The first kappa shape index (κ1) is 16.1. The van der Waals surface area contributed by atoms with Crippen LogP contribution >= 0.6 is 0 Å². The molecule has 1 aromatic carbocycles. The van der Waals surface area contributed by atoms with Crippen molar-refractivity contribution in [1.82, 2.24) is 15.1 Å². The number of fused-ring (bicyclic) bond motifs is 1. The zero-order valence-corrected chi connectivity index (χ0v) is 15.2. The van der Waals surface area contributed by atoms with Crippen molar-refractivity contribution >= 4 is 11.1 Å². The lowest BCUT2D eigenvalue weighted by molar-refractivity contribution is 0.165. The van der Waals surface area contributed by atoms with Crippen molar-refractivity contribution in [2.75, 3.05) is 0 Å². The van der Waals surface area contributed by atoms with Gasteiger partial charge in [0, 0.05) is 5.56 Å². The predicted octanol–water partition coefficient (Wildman–Crippen LogP) is 4.78. The number of aryl methyl sites for hydroxylation is 3. The molecule has 1 unspecified atom stereocenters. The van der Waals surface area contributed by atoms with Crippen molar-refractivity contribution in [3.05, 3.63) is 35.2 Å². The fourth-order valence-electron chi connectivity index (χ4n) is 3.37. The van der Waals surface area contributed by atoms with Gasteiger partial charge in [-0.1, -0.05) is 35.8 Å². The average Bonchev–Trinajstić information content (AvgIpc) is 3.33. The summed E-state index contributed by atoms with van der Waals surface area (Å²) in [5.41, 5.74) is 5.42. The third kappa shape index (κ3) is 2.99. The van der Waals surface area contributed by atoms with Crippen molar-refractivity contribution in [2.24, 2.45) is 5.92 Å². The molecule has 0 spiro atoms. The highest BCUT2D eigenvalue weighted by molar-refractivity contribution is 5.91. The molecule has 0 radical (unpaired) electrons. The Balaban J connectivity index is 1.80. The number of aromatic nitrogens is 3. The van der Waals surface area contributed by atoms with Crippen molar-refractivity contribution < 1.29 is 9.26 Å². The molecule has 25 heavy (non-hydrogen) atoms. The standard InChI is InChI=1S/C20H23N3O2/c1-5-16(14-7-8-14)24-20-19-18(21-13(4)22-20)17(23-25-19)15-9-6-11(2)10-12(15)3/h6,9-10,14,16H,5,7-8H2,1-4H3. The Bertz CT molecular complexity index is 928. The number of hydrogen-bond acceptors (Lipinski definition) is 5. The molecule has 0 N–H and O–H groups in total. The lowest BCUT2D eigenvalue weighted by atomic mass is 10.0. The first-order valence-electron chi connectivity index (χ1n) is 8.95. The summed E-state index contributed by atoms with van der Waals surface area (Å²) in [6, 6.07) is 6.29. The minimum atomic E-state index is 0.187. The maximum atomic E-state index is 6.20. The number of ether oxygens (including phenoxy) is 1. The van der Waals surface area contributed by atoms with Gasteiger partial charge in [0.2, 0.25) is 5.58 Å². The maximum Gasteiger partial charge on any atom is 0.265 e. The highest BCUT2D eigenvalue weighted by Gasteiger charge is 2.33. The third-order valence-corrected chi connectivity index (χ3v) is 4.85. The number of nitrogens with zero attached hydrogens (tertiary/aromatic N) is 3. The van der Waals surface area contributed by atoms with Crippen LogP contribution in [0.3, 0.4) is 0 Å². The lowest BCUT2D eigenvalue weighted by Crippen LogP contribution is -2.18.